The number of hydrogen-bond donors (Lipinski definition) is 2. The van der Waals surface area contributed by atoms with Gasteiger partial charge in [-0.3, -0.25) is 14.8 Å². The van der Waals surface area contributed by atoms with Gasteiger partial charge in [0.15, 0.2) is 5.84 Å². The summed E-state index contributed by atoms with van der Waals surface area (Å²) >= 11 is 1.33. The van der Waals surface area contributed by atoms with Gasteiger partial charge in [0, 0.05) is 24.1 Å². The number of nitrogens with two attached hydrogens (primary N) is 1. The molecule has 0 aliphatic rings. The van der Waals surface area contributed by atoms with E-state index >= 15 is 0 Å². The molecule has 2 rings (SSSR count). The van der Waals surface area contributed by atoms with Crippen LogP contribution in [0.25, 0.3) is 0 Å². The van der Waals surface area contributed by atoms with E-state index in [-0.39, 0.29) is 11.5 Å². The van der Waals surface area contributed by atoms with Gasteiger partial charge in [0.05, 0.1) is 16.2 Å². The summed E-state index contributed by atoms with van der Waals surface area (Å²) in [4.78, 5) is 11.0. The highest BCUT2D eigenvalue weighted by molar-refractivity contribution is 7.99. The van der Waals surface area contributed by atoms with E-state index in [1.165, 1.54) is 23.9 Å². The molecule has 0 saturated carbocycles. The molecule has 1 heterocycles. The Bertz CT molecular complexity index is 708. The minimum atomic E-state index is -0.454. The maximum atomic E-state index is 10.6. The zero-order valence-corrected chi connectivity index (χ0v) is 12.2. The minimum Gasteiger partial charge on any atom is -0.409 e. The lowest BCUT2D eigenvalue weighted by molar-refractivity contribution is -0.384. The number of aryl methyl sites for hydroxylation is 2. The van der Waals surface area contributed by atoms with Crippen LogP contribution in [0.3, 0.4) is 0 Å². The van der Waals surface area contributed by atoms with Crippen molar-refractivity contribution in [1.82, 2.24) is 9.78 Å². The van der Waals surface area contributed by atoms with Crippen molar-refractivity contribution in [2.24, 2.45) is 17.9 Å². The van der Waals surface area contributed by atoms with Crippen LogP contribution in [0.2, 0.25) is 0 Å². The minimum absolute atomic E-state index is 0.0231. The molecule has 0 bridgehead atoms. The highest BCUT2D eigenvalue weighted by Gasteiger charge is 2.18. The van der Waals surface area contributed by atoms with Crippen molar-refractivity contribution in [2.45, 2.75) is 16.8 Å². The lowest BCUT2D eigenvalue weighted by Crippen LogP contribution is -2.14. The second-order valence-corrected chi connectivity index (χ2v) is 5.29. The van der Waals surface area contributed by atoms with Gasteiger partial charge in [-0.15, -0.1) is 0 Å². The van der Waals surface area contributed by atoms with E-state index in [4.69, 9.17) is 10.9 Å². The number of hydrogen-bond acceptors (Lipinski definition) is 6. The van der Waals surface area contributed by atoms with Crippen LogP contribution < -0.4 is 5.73 Å². The molecule has 0 spiro atoms. The topological polar surface area (TPSA) is 120 Å². The van der Waals surface area contributed by atoms with Crippen molar-refractivity contribution in [3.8, 4) is 0 Å². The Balaban J connectivity index is 2.37. The van der Waals surface area contributed by atoms with Crippen LogP contribution >= 0.6 is 11.8 Å². The fraction of sp³-hybridized carbons (Fsp3) is 0.167. The molecule has 0 aliphatic carbocycles. The monoisotopic (exact) mass is 307 g/mol. The van der Waals surface area contributed by atoms with Gasteiger partial charge in [-0.05, 0) is 19.1 Å². The SMILES string of the molecule is Cc1nn(C)c(Sc2ccc([N+](=O)[O-])cc2)c1C(N)=NO. The maximum absolute atomic E-state index is 10.6. The Morgan fingerprint density at radius 3 is 2.62 bits per heavy atom. The van der Waals surface area contributed by atoms with E-state index in [0.717, 1.165) is 4.90 Å². The van der Waals surface area contributed by atoms with Gasteiger partial charge in [0.1, 0.15) is 5.03 Å². The Labute approximate surface area is 124 Å². The van der Waals surface area contributed by atoms with Crippen molar-refractivity contribution in [2.75, 3.05) is 0 Å². The molecule has 21 heavy (non-hydrogen) atoms. The zero-order valence-electron chi connectivity index (χ0n) is 11.3. The Kier molecular flexibility index (Phi) is 4.13. The molecule has 9 heteroatoms. The predicted molar refractivity (Wildman–Crippen MR) is 77.7 cm³/mol. The summed E-state index contributed by atoms with van der Waals surface area (Å²) in [5.41, 5.74) is 6.88. The number of benzene rings is 1. The molecule has 110 valence electrons. The first-order valence-corrected chi connectivity index (χ1v) is 6.69. The third-order valence-corrected chi connectivity index (χ3v) is 3.97. The molecule has 0 aliphatic heterocycles. The van der Waals surface area contributed by atoms with Crippen molar-refractivity contribution in [3.63, 3.8) is 0 Å². The predicted octanol–water partition coefficient (Wildman–Crippen LogP) is 1.88. The zero-order chi connectivity index (χ0) is 15.6. The van der Waals surface area contributed by atoms with Crippen LogP contribution in [-0.4, -0.2) is 25.7 Å². The summed E-state index contributed by atoms with van der Waals surface area (Å²) < 4.78 is 1.62. The van der Waals surface area contributed by atoms with Gasteiger partial charge in [0.2, 0.25) is 0 Å². The molecule has 2 aromatic rings. The summed E-state index contributed by atoms with van der Waals surface area (Å²) in [5, 5.41) is 27.4. The van der Waals surface area contributed by atoms with Crippen molar-refractivity contribution >= 4 is 23.3 Å². The number of non-ortho nitro benzene ring substituents is 1. The molecule has 0 fully saturated rings. The fourth-order valence-corrected chi connectivity index (χ4v) is 2.87. The van der Waals surface area contributed by atoms with E-state index in [1.807, 2.05) is 0 Å². The van der Waals surface area contributed by atoms with Crippen LogP contribution in [0.4, 0.5) is 5.69 Å². The molecule has 0 atom stereocenters. The summed E-state index contributed by atoms with van der Waals surface area (Å²) in [7, 11) is 1.74. The van der Waals surface area contributed by atoms with Crippen LogP contribution in [0.5, 0.6) is 0 Å². The lowest BCUT2D eigenvalue weighted by atomic mass is 10.2. The maximum Gasteiger partial charge on any atom is 0.269 e. The summed E-state index contributed by atoms with van der Waals surface area (Å²) in [6.45, 7) is 1.76. The van der Waals surface area contributed by atoms with E-state index in [2.05, 4.69) is 10.3 Å². The number of aromatic nitrogens is 2. The number of nitro groups is 1. The summed E-state index contributed by atoms with van der Waals surface area (Å²) in [6.07, 6.45) is 0. The standard InChI is InChI=1S/C12H13N5O3S/c1-7-10(11(13)15-18)12(16(2)14-7)21-9-5-3-8(4-6-9)17(19)20/h3-6,18H,1-2H3,(H2,13,15). The smallest absolute Gasteiger partial charge is 0.269 e. The highest BCUT2D eigenvalue weighted by atomic mass is 32.2. The first kappa shape index (κ1) is 14.9. The molecule has 0 unspecified atom stereocenters. The van der Waals surface area contributed by atoms with Crippen LogP contribution in [-0.2, 0) is 7.05 Å². The molecule has 0 amide bonds. The molecule has 1 aromatic heterocycles. The number of oxime groups is 1. The average molecular weight is 307 g/mol. The normalized spacial score (nSPS) is 11.6. The molecule has 0 saturated heterocycles. The molecule has 8 nitrogen and oxygen atoms in total. The quantitative estimate of drug-likeness (QED) is 0.292. The largest absolute Gasteiger partial charge is 0.409 e. The first-order valence-electron chi connectivity index (χ1n) is 5.88. The lowest BCUT2D eigenvalue weighted by Gasteiger charge is -2.05. The number of rotatable bonds is 4. The first-order chi connectivity index (χ1) is 9.93. The van der Waals surface area contributed by atoms with E-state index < -0.39 is 4.92 Å². The highest BCUT2D eigenvalue weighted by Crippen LogP contribution is 2.32. The van der Waals surface area contributed by atoms with Crippen LogP contribution in [0.15, 0.2) is 39.3 Å². The summed E-state index contributed by atoms with van der Waals surface area (Å²) in [5.74, 6) is -0.0231. The second-order valence-electron chi connectivity index (χ2n) is 4.23. The Hall–Kier alpha value is -2.55. The van der Waals surface area contributed by atoms with Crippen LogP contribution in [0.1, 0.15) is 11.3 Å². The van der Waals surface area contributed by atoms with E-state index in [1.54, 1.807) is 30.8 Å². The average Bonchev–Trinajstić information content (AvgIpc) is 2.73. The molecule has 3 N–H and O–H groups in total. The van der Waals surface area contributed by atoms with E-state index in [9.17, 15) is 10.1 Å². The molecular weight excluding hydrogens is 294 g/mol. The molecular formula is C12H13N5O3S. The Morgan fingerprint density at radius 2 is 2.10 bits per heavy atom. The number of nitrogens with zero attached hydrogens (tertiary/aromatic N) is 4. The van der Waals surface area contributed by atoms with Crippen molar-refractivity contribution in [1.29, 1.82) is 0 Å². The fourth-order valence-electron chi connectivity index (χ4n) is 1.85. The van der Waals surface area contributed by atoms with Crippen LogP contribution in [0, 0.1) is 17.0 Å². The van der Waals surface area contributed by atoms with Gasteiger partial charge < -0.3 is 10.9 Å². The second kappa shape index (κ2) is 5.83. The van der Waals surface area contributed by atoms with Gasteiger partial charge in [0.25, 0.3) is 5.69 Å². The van der Waals surface area contributed by atoms with E-state index in [0.29, 0.717) is 16.3 Å². The number of amidine groups is 1. The molecule has 1 aromatic carbocycles. The molecule has 0 radical (unpaired) electrons. The van der Waals surface area contributed by atoms with Gasteiger partial charge in [-0.25, -0.2) is 0 Å². The number of nitro benzene ring substituents is 1. The van der Waals surface area contributed by atoms with Gasteiger partial charge in [-0.1, -0.05) is 16.9 Å². The van der Waals surface area contributed by atoms with Gasteiger partial charge in [-0.2, -0.15) is 5.10 Å². The summed E-state index contributed by atoms with van der Waals surface area (Å²) in [6, 6.07) is 6.13. The van der Waals surface area contributed by atoms with Gasteiger partial charge >= 0.3 is 0 Å². The third kappa shape index (κ3) is 2.97. The Morgan fingerprint density at radius 1 is 1.48 bits per heavy atom. The van der Waals surface area contributed by atoms with Crippen molar-refractivity contribution < 1.29 is 10.1 Å². The third-order valence-electron chi connectivity index (χ3n) is 2.80. The van der Waals surface area contributed by atoms with Crippen molar-refractivity contribution in [3.05, 3.63) is 45.6 Å².